The van der Waals surface area contributed by atoms with E-state index < -0.39 is 13.9 Å². The van der Waals surface area contributed by atoms with Crippen LogP contribution in [-0.4, -0.2) is 15.9 Å². The van der Waals surface area contributed by atoms with E-state index in [1.54, 1.807) is 0 Å². The number of hydrogen-bond donors (Lipinski definition) is 2. The van der Waals surface area contributed by atoms with Gasteiger partial charge in [0.15, 0.2) is 0 Å². The average Bonchev–Trinajstić information content (AvgIpc) is 3.30. The van der Waals surface area contributed by atoms with Gasteiger partial charge < -0.3 is 9.79 Å². The van der Waals surface area contributed by atoms with Crippen molar-refractivity contribution in [3.05, 3.63) is 119 Å². The van der Waals surface area contributed by atoms with E-state index in [9.17, 15) is 14.4 Å². The van der Waals surface area contributed by atoms with Gasteiger partial charge in [-0.05, 0) is 44.5 Å². The molecule has 0 radical (unpaired) electrons. The summed E-state index contributed by atoms with van der Waals surface area (Å²) in [6.45, 7) is 0. The number of hydrogen-bond acceptors (Lipinski definition) is 2. The molecule has 0 atom stereocenters. The van der Waals surface area contributed by atoms with E-state index in [0.29, 0.717) is 0 Å². The Hall–Kier alpha value is -3.01. The van der Waals surface area contributed by atoms with Crippen molar-refractivity contribution >= 4 is 7.82 Å². The normalized spacial score (nSPS) is 14.8. The zero-order valence-corrected chi connectivity index (χ0v) is 18.0. The predicted octanol–water partition coefficient (Wildman–Crippen LogP) is 6.09. The maximum absolute atomic E-state index is 12.3. The monoisotopic (exact) mass is 440 g/mol. The van der Waals surface area contributed by atoms with E-state index in [4.69, 9.17) is 4.52 Å². The van der Waals surface area contributed by atoms with Crippen LogP contribution >= 0.6 is 7.82 Å². The number of fused-ring (bicyclic) bond motifs is 6. The Balaban J connectivity index is 1.61. The third kappa shape index (κ3) is 3.00. The highest BCUT2D eigenvalue weighted by Gasteiger charge is 2.46. The van der Waals surface area contributed by atoms with Crippen LogP contribution in [0.1, 0.15) is 34.1 Å². The molecule has 0 saturated heterocycles. The Morgan fingerprint density at radius 3 is 1.12 bits per heavy atom. The van der Waals surface area contributed by atoms with E-state index >= 15 is 0 Å². The summed E-state index contributed by atoms with van der Waals surface area (Å²) in [7, 11) is -4.77. The van der Waals surface area contributed by atoms with Crippen LogP contribution in [0, 0.1) is 0 Å². The number of phosphoric ester groups is 1. The largest absolute Gasteiger partial charge is 0.469 e. The van der Waals surface area contributed by atoms with Crippen molar-refractivity contribution in [2.75, 3.05) is 0 Å². The van der Waals surface area contributed by atoms with Gasteiger partial charge in [0.05, 0.1) is 6.10 Å². The van der Waals surface area contributed by atoms with Crippen LogP contribution in [0.25, 0.3) is 22.3 Å². The molecular formula is C27H21O4P. The lowest BCUT2D eigenvalue weighted by atomic mass is 9.80. The van der Waals surface area contributed by atoms with Gasteiger partial charge in [-0.25, -0.2) is 4.57 Å². The molecule has 0 bridgehead atoms. The molecule has 0 heterocycles. The lowest BCUT2D eigenvalue weighted by Crippen LogP contribution is -2.28. The van der Waals surface area contributed by atoms with Crippen LogP contribution in [-0.2, 0) is 9.09 Å². The van der Waals surface area contributed by atoms with Crippen molar-refractivity contribution in [2.45, 2.75) is 17.9 Å². The van der Waals surface area contributed by atoms with Crippen LogP contribution in [0.5, 0.6) is 0 Å². The minimum atomic E-state index is -4.77. The molecule has 2 N–H and O–H groups in total. The molecule has 0 spiro atoms. The molecule has 6 rings (SSSR count). The average molecular weight is 440 g/mol. The van der Waals surface area contributed by atoms with Gasteiger partial charge in [0.1, 0.15) is 0 Å². The fraction of sp³-hybridized carbons (Fsp3) is 0.111. The third-order valence-electron chi connectivity index (χ3n) is 6.68. The minimum Gasteiger partial charge on any atom is -0.303 e. The molecule has 0 amide bonds. The SMILES string of the molecule is O=P(O)(O)OC(C1c2ccccc2-c2ccccc21)C1c2ccccc2-c2ccccc21. The van der Waals surface area contributed by atoms with Gasteiger partial charge in [0.2, 0.25) is 0 Å². The first-order valence-corrected chi connectivity index (χ1v) is 12.2. The molecular weight excluding hydrogens is 419 g/mol. The highest BCUT2D eigenvalue weighted by atomic mass is 31.2. The van der Waals surface area contributed by atoms with Crippen molar-refractivity contribution < 1.29 is 18.9 Å². The van der Waals surface area contributed by atoms with Crippen LogP contribution in [0.3, 0.4) is 0 Å². The zero-order valence-electron chi connectivity index (χ0n) is 17.1. The molecule has 4 nitrogen and oxygen atoms in total. The fourth-order valence-electron chi connectivity index (χ4n) is 5.57. The Morgan fingerprint density at radius 1 is 0.562 bits per heavy atom. The van der Waals surface area contributed by atoms with E-state index in [1.165, 1.54) is 0 Å². The number of phosphoric acid groups is 1. The summed E-state index contributed by atoms with van der Waals surface area (Å²) < 4.78 is 18.0. The standard InChI is InChI=1S/C27H21O4P/c28-32(29,30)31-27(25-21-13-5-1-9-17(21)18-10-2-6-14-22(18)25)26-23-15-7-3-11-19(23)20-12-4-8-16-24(20)26/h1-16,25-27H,(H2,28,29,30). The maximum atomic E-state index is 12.3. The van der Waals surface area contributed by atoms with E-state index in [0.717, 1.165) is 44.5 Å². The molecule has 4 aromatic carbocycles. The summed E-state index contributed by atoms with van der Waals surface area (Å²) in [5.74, 6) is -0.613. The summed E-state index contributed by atoms with van der Waals surface area (Å²) in [5, 5.41) is 0. The zero-order chi connectivity index (χ0) is 21.9. The highest BCUT2D eigenvalue weighted by molar-refractivity contribution is 7.46. The van der Waals surface area contributed by atoms with E-state index in [1.807, 2.05) is 72.8 Å². The highest BCUT2D eigenvalue weighted by Crippen LogP contribution is 2.57. The molecule has 32 heavy (non-hydrogen) atoms. The third-order valence-corrected chi connectivity index (χ3v) is 7.20. The second-order valence-corrected chi connectivity index (χ2v) is 9.56. The van der Waals surface area contributed by atoms with Crippen LogP contribution in [0.15, 0.2) is 97.1 Å². The van der Waals surface area contributed by atoms with Gasteiger partial charge in [0.25, 0.3) is 0 Å². The van der Waals surface area contributed by atoms with Gasteiger partial charge >= 0.3 is 7.82 Å². The summed E-state index contributed by atoms with van der Waals surface area (Å²) in [4.78, 5) is 20.0. The summed E-state index contributed by atoms with van der Waals surface area (Å²) in [5.41, 5.74) is 8.50. The molecule has 2 aliphatic carbocycles. The van der Waals surface area contributed by atoms with Crippen molar-refractivity contribution in [3.63, 3.8) is 0 Å². The maximum Gasteiger partial charge on any atom is 0.469 e. The van der Waals surface area contributed by atoms with Crippen molar-refractivity contribution in [2.24, 2.45) is 0 Å². The molecule has 5 heteroatoms. The minimum absolute atomic E-state index is 0.306. The van der Waals surface area contributed by atoms with E-state index in [2.05, 4.69) is 24.3 Å². The first-order valence-electron chi connectivity index (χ1n) is 10.6. The molecule has 0 unspecified atom stereocenters. The fourth-order valence-corrected chi connectivity index (χ4v) is 6.13. The first-order chi connectivity index (χ1) is 15.5. The van der Waals surface area contributed by atoms with Gasteiger partial charge in [-0.3, -0.25) is 4.52 Å². The van der Waals surface area contributed by atoms with Crippen molar-refractivity contribution in [1.82, 2.24) is 0 Å². The first kappa shape index (κ1) is 19.7. The molecule has 2 aliphatic rings. The second kappa shape index (κ2) is 7.26. The second-order valence-electron chi connectivity index (χ2n) is 8.36. The lowest BCUT2D eigenvalue weighted by Gasteiger charge is -2.32. The number of benzene rings is 4. The summed E-state index contributed by atoms with van der Waals surface area (Å²) >= 11 is 0. The predicted molar refractivity (Wildman–Crippen MR) is 124 cm³/mol. The molecule has 0 aromatic heterocycles. The molecule has 4 aromatic rings. The van der Waals surface area contributed by atoms with Gasteiger partial charge in [-0.15, -0.1) is 0 Å². The molecule has 0 aliphatic heterocycles. The summed E-state index contributed by atoms with van der Waals surface area (Å²) in [6, 6.07) is 32.3. The number of rotatable bonds is 4. The quantitative estimate of drug-likeness (QED) is 0.377. The van der Waals surface area contributed by atoms with Crippen LogP contribution < -0.4 is 0 Å². The van der Waals surface area contributed by atoms with Gasteiger partial charge in [-0.1, -0.05) is 97.1 Å². The Morgan fingerprint density at radius 2 is 0.844 bits per heavy atom. The smallest absolute Gasteiger partial charge is 0.303 e. The molecule has 0 fully saturated rings. The topological polar surface area (TPSA) is 66.8 Å². The van der Waals surface area contributed by atoms with Crippen molar-refractivity contribution in [1.29, 1.82) is 0 Å². The van der Waals surface area contributed by atoms with Gasteiger partial charge in [-0.2, -0.15) is 0 Å². The van der Waals surface area contributed by atoms with Crippen LogP contribution in [0.2, 0.25) is 0 Å². The van der Waals surface area contributed by atoms with E-state index in [-0.39, 0.29) is 11.8 Å². The Labute approximate surface area is 186 Å². The summed E-state index contributed by atoms with van der Waals surface area (Å²) in [6.07, 6.45) is -0.773. The molecule has 0 saturated carbocycles. The van der Waals surface area contributed by atoms with Crippen LogP contribution in [0.4, 0.5) is 0 Å². The van der Waals surface area contributed by atoms with Gasteiger partial charge in [0, 0.05) is 11.8 Å². The lowest BCUT2D eigenvalue weighted by molar-refractivity contribution is 0.111. The Bertz CT molecular complexity index is 1200. The van der Waals surface area contributed by atoms with Crippen molar-refractivity contribution in [3.8, 4) is 22.3 Å². The Kier molecular flexibility index (Phi) is 4.46. The molecule has 158 valence electrons.